The molecular weight excluding hydrogens is 244 g/mol. The Kier molecular flexibility index (Phi) is 4.14. The van der Waals surface area contributed by atoms with Gasteiger partial charge in [0.15, 0.2) is 0 Å². The van der Waals surface area contributed by atoms with Crippen LogP contribution in [-0.4, -0.2) is 40.0 Å². The average Bonchev–Trinajstić information content (AvgIpc) is 2.41. The second-order valence-corrected chi connectivity index (χ2v) is 4.96. The van der Waals surface area contributed by atoms with Gasteiger partial charge < -0.3 is 10.0 Å². The van der Waals surface area contributed by atoms with Crippen molar-refractivity contribution >= 4 is 11.9 Å². The third-order valence-corrected chi connectivity index (χ3v) is 3.56. The van der Waals surface area contributed by atoms with Gasteiger partial charge in [0.2, 0.25) is 5.91 Å². The first-order chi connectivity index (χ1) is 9.08. The van der Waals surface area contributed by atoms with E-state index in [2.05, 4.69) is 4.98 Å². The Morgan fingerprint density at radius 1 is 1.53 bits per heavy atom. The van der Waals surface area contributed by atoms with Crippen LogP contribution in [0.3, 0.4) is 0 Å². The molecule has 0 spiro atoms. The number of hydrogen-bond acceptors (Lipinski definition) is 3. The van der Waals surface area contributed by atoms with E-state index in [4.69, 9.17) is 5.11 Å². The summed E-state index contributed by atoms with van der Waals surface area (Å²) in [7, 11) is 0. The number of carbonyl (C=O) groups is 2. The smallest absolute Gasteiger partial charge is 0.308 e. The Morgan fingerprint density at radius 3 is 3.00 bits per heavy atom. The van der Waals surface area contributed by atoms with Crippen molar-refractivity contribution in [2.75, 3.05) is 13.1 Å². The maximum absolute atomic E-state index is 12.2. The zero-order valence-electron chi connectivity index (χ0n) is 11.0. The minimum Gasteiger partial charge on any atom is -0.481 e. The number of rotatable bonds is 3. The van der Waals surface area contributed by atoms with E-state index >= 15 is 0 Å². The summed E-state index contributed by atoms with van der Waals surface area (Å²) in [5.41, 5.74) is 1.76. The fourth-order valence-electron chi connectivity index (χ4n) is 2.36. The highest BCUT2D eigenvalue weighted by atomic mass is 16.4. The van der Waals surface area contributed by atoms with E-state index in [0.29, 0.717) is 19.5 Å². The van der Waals surface area contributed by atoms with Gasteiger partial charge in [0.05, 0.1) is 18.0 Å². The van der Waals surface area contributed by atoms with Gasteiger partial charge >= 0.3 is 5.97 Å². The summed E-state index contributed by atoms with van der Waals surface area (Å²) in [6.45, 7) is 2.89. The Labute approximate surface area is 112 Å². The number of amides is 1. The molecular formula is C14H18N2O3. The number of pyridine rings is 1. The molecule has 1 N–H and O–H groups in total. The van der Waals surface area contributed by atoms with Crippen LogP contribution in [0, 0.1) is 12.8 Å². The predicted molar refractivity (Wildman–Crippen MR) is 69.6 cm³/mol. The van der Waals surface area contributed by atoms with E-state index in [0.717, 1.165) is 17.7 Å². The minimum atomic E-state index is -0.813. The molecule has 5 heteroatoms. The Balaban J connectivity index is 2.00. The Bertz CT molecular complexity index is 487. The first-order valence-corrected chi connectivity index (χ1v) is 6.49. The molecule has 0 aliphatic carbocycles. The van der Waals surface area contributed by atoms with Gasteiger partial charge in [-0.15, -0.1) is 0 Å². The number of carboxylic acid groups (broad SMARTS) is 1. The maximum atomic E-state index is 12.2. The number of likely N-dealkylation sites (tertiary alicyclic amines) is 1. The maximum Gasteiger partial charge on any atom is 0.308 e. The summed E-state index contributed by atoms with van der Waals surface area (Å²) in [6.07, 6.45) is 3.33. The Hall–Kier alpha value is -1.91. The lowest BCUT2D eigenvalue weighted by atomic mass is 9.98. The average molecular weight is 262 g/mol. The number of aryl methyl sites for hydroxylation is 1. The number of piperidine rings is 1. The van der Waals surface area contributed by atoms with Crippen molar-refractivity contribution < 1.29 is 14.7 Å². The molecule has 102 valence electrons. The molecule has 1 aromatic rings. The van der Waals surface area contributed by atoms with E-state index in [9.17, 15) is 9.59 Å². The molecule has 0 saturated carbocycles. The molecule has 1 atom stereocenters. The zero-order chi connectivity index (χ0) is 13.8. The molecule has 1 fully saturated rings. The van der Waals surface area contributed by atoms with Crippen molar-refractivity contribution in [1.29, 1.82) is 0 Å². The molecule has 0 aromatic carbocycles. The molecule has 1 aromatic heterocycles. The van der Waals surface area contributed by atoms with Crippen molar-refractivity contribution in [3.8, 4) is 0 Å². The highest BCUT2D eigenvalue weighted by Gasteiger charge is 2.28. The van der Waals surface area contributed by atoms with Crippen LogP contribution in [0.15, 0.2) is 18.3 Å². The number of carbonyl (C=O) groups excluding carboxylic acids is 1. The van der Waals surface area contributed by atoms with Gasteiger partial charge in [-0.3, -0.25) is 14.6 Å². The van der Waals surface area contributed by atoms with Crippen molar-refractivity contribution in [3.05, 3.63) is 29.6 Å². The molecule has 1 amide bonds. The quantitative estimate of drug-likeness (QED) is 0.890. The fourth-order valence-corrected chi connectivity index (χ4v) is 2.36. The monoisotopic (exact) mass is 262 g/mol. The lowest BCUT2D eigenvalue weighted by molar-refractivity contribution is -0.145. The molecule has 1 saturated heterocycles. The second kappa shape index (κ2) is 5.82. The van der Waals surface area contributed by atoms with Gasteiger partial charge in [-0.1, -0.05) is 6.07 Å². The normalized spacial score (nSPS) is 19.2. The molecule has 0 unspecified atom stereocenters. The van der Waals surface area contributed by atoms with E-state index in [1.165, 1.54) is 0 Å². The van der Waals surface area contributed by atoms with Crippen molar-refractivity contribution in [1.82, 2.24) is 9.88 Å². The molecule has 5 nitrogen and oxygen atoms in total. The SMILES string of the molecule is Cc1cccnc1CC(=O)N1CCC[C@H](C(=O)O)C1. The number of aliphatic carboxylic acids is 1. The summed E-state index contributed by atoms with van der Waals surface area (Å²) < 4.78 is 0. The van der Waals surface area contributed by atoms with Crippen molar-refractivity contribution in [3.63, 3.8) is 0 Å². The summed E-state index contributed by atoms with van der Waals surface area (Å²) in [6, 6.07) is 3.76. The fraction of sp³-hybridized carbons (Fsp3) is 0.500. The number of aromatic nitrogens is 1. The van der Waals surface area contributed by atoms with Crippen LogP contribution in [-0.2, 0) is 16.0 Å². The minimum absolute atomic E-state index is 0.0345. The molecule has 2 rings (SSSR count). The third-order valence-electron chi connectivity index (χ3n) is 3.56. The van der Waals surface area contributed by atoms with Gasteiger partial charge in [-0.05, 0) is 31.4 Å². The third kappa shape index (κ3) is 3.30. The molecule has 0 radical (unpaired) electrons. The molecule has 2 heterocycles. The van der Waals surface area contributed by atoms with Gasteiger partial charge in [-0.2, -0.15) is 0 Å². The highest BCUT2D eigenvalue weighted by molar-refractivity contribution is 5.80. The van der Waals surface area contributed by atoms with Gasteiger partial charge in [-0.25, -0.2) is 0 Å². The van der Waals surface area contributed by atoms with Gasteiger partial charge in [0.1, 0.15) is 0 Å². The zero-order valence-corrected chi connectivity index (χ0v) is 11.0. The van der Waals surface area contributed by atoms with E-state index < -0.39 is 11.9 Å². The first kappa shape index (κ1) is 13.5. The van der Waals surface area contributed by atoms with Crippen LogP contribution in [0.1, 0.15) is 24.1 Å². The van der Waals surface area contributed by atoms with Crippen LogP contribution >= 0.6 is 0 Å². The summed E-state index contributed by atoms with van der Waals surface area (Å²) in [4.78, 5) is 29.0. The first-order valence-electron chi connectivity index (χ1n) is 6.49. The number of carboxylic acids is 1. The number of nitrogens with zero attached hydrogens (tertiary/aromatic N) is 2. The van der Waals surface area contributed by atoms with E-state index in [1.807, 2.05) is 19.1 Å². The van der Waals surface area contributed by atoms with Crippen molar-refractivity contribution in [2.24, 2.45) is 5.92 Å². The summed E-state index contributed by atoms with van der Waals surface area (Å²) in [5, 5.41) is 9.02. The second-order valence-electron chi connectivity index (χ2n) is 4.96. The lowest BCUT2D eigenvalue weighted by Gasteiger charge is -2.30. The van der Waals surface area contributed by atoms with E-state index in [1.54, 1.807) is 11.1 Å². The van der Waals surface area contributed by atoms with E-state index in [-0.39, 0.29) is 12.3 Å². The summed E-state index contributed by atoms with van der Waals surface area (Å²) >= 11 is 0. The van der Waals surface area contributed by atoms with Crippen LogP contribution < -0.4 is 0 Å². The standard InChI is InChI=1S/C14H18N2O3/c1-10-4-2-6-15-12(10)8-13(17)16-7-3-5-11(9-16)14(18)19/h2,4,6,11H,3,5,7-9H2,1H3,(H,18,19)/t11-/m0/s1. The van der Waals surface area contributed by atoms with Gasteiger partial charge in [0, 0.05) is 19.3 Å². The molecule has 1 aliphatic heterocycles. The van der Waals surface area contributed by atoms with Gasteiger partial charge in [0.25, 0.3) is 0 Å². The largest absolute Gasteiger partial charge is 0.481 e. The molecule has 19 heavy (non-hydrogen) atoms. The van der Waals surface area contributed by atoms with Crippen LogP contribution in [0.25, 0.3) is 0 Å². The molecule has 0 bridgehead atoms. The summed E-state index contributed by atoms with van der Waals surface area (Å²) in [5.74, 6) is -1.28. The topological polar surface area (TPSA) is 70.5 Å². The van der Waals surface area contributed by atoms with Crippen LogP contribution in [0.2, 0.25) is 0 Å². The Morgan fingerprint density at radius 2 is 2.32 bits per heavy atom. The lowest BCUT2D eigenvalue weighted by Crippen LogP contribution is -2.43. The number of hydrogen-bond donors (Lipinski definition) is 1. The van der Waals surface area contributed by atoms with Crippen LogP contribution in [0.4, 0.5) is 0 Å². The van der Waals surface area contributed by atoms with Crippen LogP contribution in [0.5, 0.6) is 0 Å². The highest BCUT2D eigenvalue weighted by Crippen LogP contribution is 2.17. The molecule has 1 aliphatic rings. The predicted octanol–water partition coefficient (Wildman–Crippen LogP) is 1.26. The van der Waals surface area contributed by atoms with Crippen molar-refractivity contribution in [2.45, 2.75) is 26.2 Å².